The summed E-state index contributed by atoms with van der Waals surface area (Å²) in [6, 6.07) is 6.59. The van der Waals surface area contributed by atoms with Crippen molar-refractivity contribution in [1.82, 2.24) is 9.78 Å². The van der Waals surface area contributed by atoms with E-state index in [0.717, 1.165) is 17.2 Å². The summed E-state index contributed by atoms with van der Waals surface area (Å²) >= 11 is 0. The van der Waals surface area contributed by atoms with Crippen molar-refractivity contribution in [3.8, 4) is 0 Å². The molecule has 2 rings (SSSR count). The van der Waals surface area contributed by atoms with Gasteiger partial charge in [-0.25, -0.2) is 0 Å². The number of anilines is 1. The van der Waals surface area contributed by atoms with Gasteiger partial charge in [-0.05, 0) is 36.6 Å². The zero-order valence-corrected chi connectivity index (χ0v) is 10.4. The molecule has 1 aromatic heterocycles. The van der Waals surface area contributed by atoms with Gasteiger partial charge in [-0.2, -0.15) is 18.3 Å². The molecule has 6 heteroatoms. The molecule has 2 N–H and O–H groups in total. The van der Waals surface area contributed by atoms with Gasteiger partial charge in [0.25, 0.3) is 0 Å². The highest BCUT2D eigenvalue weighted by molar-refractivity contribution is 5.47. The van der Waals surface area contributed by atoms with E-state index in [1.165, 1.54) is 10.9 Å². The maximum Gasteiger partial charge on any atom is 0.435 e. The summed E-state index contributed by atoms with van der Waals surface area (Å²) < 4.78 is 38.4. The molecule has 102 valence electrons. The van der Waals surface area contributed by atoms with Gasteiger partial charge in [0.05, 0.1) is 0 Å². The third-order valence-electron chi connectivity index (χ3n) is 2.89. The Hall–Kier alpha value is -1.98. The number of hydrogen-bond acceptors (Lipinski definition) is 2. The molecule has 0 aliphatic heterocycles. The molecule has 0 bridgehead atoms. The molecule has 0 radical (unpaired) electrons. The lowest BCUT2D eigenvalue weighted by Gasteiger charge is -2.06. The quantitative estimate of drug-likeness (QED) is 0.870. The maximum atomic E-state index is 12.4. The third-order valence-corrected chi connectivity index (χ3v) is 2.89. The van der Waals surface area contributed by atoms with Crippen LogP contribution in [0.1, 0.15) is 16.8 Å². The van der Waals surface area contributed by atoms with E-state index in [9.17, 15) is 13.2 Å². The molecular formula is C13H14F3N3. The molecule has 0 atom stereocenters. The molecule has 0 spiro atoms. The lowest BCUT2D eigenvalue weighted by molar-refractivity contribution is -0.141. The largest absolute Gasteiger partial charge is 0.435 e. The average molecular weight is 269 g/mol. The van der Waals surface area contributed by atoms with E-state index < -0.39 is 11.9 Å². The molecular weight excluding hydrogens is 255 g/mol. The highest BCUT2D eigenvalue weighted by Crippen LogP contribution is 2.27. The third kappa shape index (κ3) is 3.27. The maximum absolute atomic E-state index is 12.4. The lowest BCUT2D eigenvalue weighted by atomic mass is 10.1. The molecule has 19 heavy (non-hydrogen) atoms. The van der Waals surface area contributed by atoms with Crippen LogP contribution in [0.2, 0.25) is 0 Å². The number of nitrogens with two attached hydrogens (primary N) is 1. The SMILES string of the molecule is Cc1cc(CCn2ccc(C(F)(F)F)n2)ccc1N. The summed E-state index contributed by atoms with van der Waals surface area (Å²) in [6.45, 7) is 2.30. The monoisotopic (exact) mass is 269 g/mol. The molecule has 0 amide bonds. The second kappa shape index (κ2) is 4.95. The standard InChI is InChI=1S/C13H14F3N3/c1-9-8-10(2-3-11(9)17)4-6-19-7-5-12(18-19)13(14,15)16/h2-3,5,7-8H,4,6,17H2,1H3. The number of hydrogen-bond donors (Lipinski definition) is 1. The fourth-order valence-corrected chi connectivity index (χ4v) is 1.77. The molecule has 3 nitrogen and oxygen atoms in total. The summed E-state index contributed by atoms with van der Waals surface area (Å²) in [5, 5.41) is 3.50. The first-order chi connectivity index (χ1) is 8.86. The number of aromatic nitrogens is 2. The number of nitrogen functional groups attached to an aromatic ring is 1. The van der Waals surface area contributed by atoms with Gasteiger partial charge in [-0.15, -0.1) is 0 Å². The van der Waals surface area contributed by atoms with Crippen LogP contribution < -0.4 is 5.73 Å². The van der Waals surface area contributed by atoms with Crippen molar-refractivity contribution in [3.63, 3.8) is 0 Å². The Balaban J connectivity index is 2.02. The molecule has 1 heterocycles. The first-order valence-corrected chi connectivity index (χ1v) is 5.82. The molecule has 0 aliphatic rings. The van der Waals surface area contributed by atoms with Crippen LogP contribution in [0.3, 0.4) is 0 Å². The van der Waals surface area contributed by atoms with Crippen molar-refractivity contribution < 1.29 is 13.2 Å². The second-order valence-electron chi connectivity index (χ2n) is 4.40. The number of nitrogens with zero attached hydrogens (tertiary/aromatic N) is 2. The number of rotatable bonds is 3. The molecule has 0 saturated carbocycles. The van der Waals surface area contributed by atoms with Crippen LogP contribution in [-0.2, 0) is 19.1 Å². The second-order valence-corrected chi connectivity index (χ2v) is 4.40. The van der Waals surface area contributed by atoms with Gasteiger partial charge in [0.2, 0.25) is 0 Å². The smallest absolute Gasteiger partial charge is 0.399 e. The summed E-state index contributed by atoms with van der Waals surface area (Å²) in [7, 11) is 0. The number of halogens is 3. The first kappa shape index (κ1) is 13.5. The van der Waals surface area contributed by atoms with Gasteiger partial charge in [-0.3, -0.25) is 4.68 Å². The molecule has 0 aliphatic carbocycles. The minimum atomic E-state index is -4.39. The number of aryl methyl sites for hydroxylation is 3. The van der Waals surface area contributed by atoms with Crippen molar-refractivity contribution in [2.45, 2.75) is 26.1 Å². The Kier molecular flexibility index (Phi) is 3.50. The predicted molar refractivity (Wildman–Crippen MR) is 66.5 cm³/mol. The van der Waals surface area contributed by atoms with Crippen LogP contribution >= 0.6 is 0 Å². The Morgan fingerprint density at radius 1 is 1.26 bits per heavy atom. The number of alkyl halides is 3. The van der Waals surface area contributed by atoms with Gasteiger partial charge in [0.15, 0.2) is 5.69 Å². The predicted octanol–water partition coefficient (Wildman–Crippen LogP) is 3.04. The zero-order chi connectivity index (χ0) is 14.0. The molecule has 0 unspecified atom stereocenters. The van der Waals surface area contributed by atoms with E-state index in [1.54, 1.807) is 6.07 Å². The molecule has 0 fully saturated rings. The Morgan fingerprint density at radius 3 is 2.58 bits per heavy atom. The van der Waals surface area contributed by atoms with E-state index >= 15 is 0 Å². The van der Waals surface area contributed by atoms with Crippen LogP contribution in [0.25, 0.3) is 0 Å². The first-order valence-electron chi connectivity index (χ1n) is 5.82. The van der Waals surface area contributed by atoms with E-state index in [-0.39, 0.29) is 0 Å². The fraction of sp³-hybridized carbons (Fsp3) is 0.308. The average Bonchev–Trinajstić information content (AvgIpc) is 2.79. The summed E-state index contributed by atoms with van der Waals surface area (Å²) in [6.07, 6.45) is -2.43. The van der Waals surface area contributed by atoms with Crippen molar-refractivity contribution in [3.05, 3.63) is 47.3 Å². The number of benzene rings is 1. The fourth-order valence-electron chi connectivity index (χ4n) is 1.77. The summed E-state index contributed by atoms with van der Waals surface area (Å²) in [4.78, 5) is 0. The molecule has 1 aromatic carbocycles. The minimum Gasteiger partial charge on any atom is -0.399 e. The normalized spacial score (nSPS) is 11.8. The van der Waals surface area contributed by atoms with Gasteiger partial charge in [0, 0.05) is 18.4 Å². The van der Waals surface area contributed by atoms with Crippen LogP contribution in [0.4, 0.5) is 18.9 Å². The van der Waals surface area contributed by atoms with Gasteiger partial charge in [0.1, 0.15) is 0 Å². The Bertz CT molecular complexity index is 573. The van der Waals surface area contributed by atoms with Crippen LogP contribution in [0, 0.1) is 6.92 Å². The van der Waals surface area contributed by atoms with E-state index in [0.29, 0.717) is 18.7 Å². The van der Waals surface area contributed by atoms with Crippen LogP contribution in [0.5, 0.6) is 0 Å². The summed E-state index contributed by atoms with van der Waals surface area (Å²) in [5.41, 5.74) is 7.55. The Labute approximate surface area is 108 Å². The van der Waals surface area contributed by atoms with Crippen LogP contribution in [-0.4, -0.2) is 9.78 Å². The minimum absolute atomic E-state index is 0.402. The van der Waals surface area contributed by atoms with Crippen LogP contribution in [0.15, 0.2) is 30.5 Å². The highest BCUT2D eigenvalue weighted by atomic mass is 19.4. The van der Waals surface area contributed by atoms with E-state index in [1.807, 2.05) is 19.1 Å². The van der Waals surface area contributed by atoms with E-state index in [2.05, 4.69) is 5.10 Å². The van der Waals surface area contributed by atoms with Crippen molar-refractivity contribution in [2.75, 3.05) is 5.73 Å². The zero-order valence-electron chi connectivity index (χ0n) is 10.4. The molecule has 0 saturated heterocycles. The van der Waals surface area contributed by atoms with E-state index in [4.69, 9.17) is 5.73 Å². The van der Waals surface area contributed by atoms with Gasteiger partial charge < -0.3 is 5.73 Å². The highest BCUT2D eigenvalue weighted by Gasteiger charge is 2.33. The van der Waals surface area contributed by atoms with Crippen molar-refractivity contribution in [2.24, 2.45) is 0 Å². The van der Waals surface area contributed by atoms with Crippen molar-refractivity contribution in [1.29, 1.82) is 0 Å². The Morgan fingerprint density at radius 2 is 2.00 bits per heavy atom. The van der Waals surface area contributed by atoms with Gasteiger partial charge in [-0.1, -0.05) is 12.1 Å². The topological polar surface area (TPSA) is 43.8 Å². The summed E-state index contributed by atoms with van der Waals surface area (Å²) in [5.74, 6) is 0. The van der Waals surface area contributed by atoms with Gasteiger partial charge >= 0.3 is 6.18 Å². The van der Waals surface area contributed by atoms with Crippen molar-refractivity contribution >= 4 is 5.69 Å². The molecule has 2 aromatic rings. The lowest BCUT2D eigenvalue weighted by Crippen LogP contribution is -2.09.